The van der Waals surface area contributed by atoms with Crippen LogP contribution in [0.1, 0.15) is 24.5 Å². The van der Waals surface area contributed by atoms with E-state index < -0.39 is 6.10 Å². The molecule has 1 aromatic rings. The van der Waals surface area contributed by atoms with Crippen LogP contribution in [0, 0.1) is 0 Å². The molecule has 1 aromatic carbocycles. The molecule has 1 aliphatic heterocycles. The molecule has 0 radical (unpaired) electrons. The Morgan fingerprint density at radius 2 is 2.30 bits per heavy atom. The van der Waals surface area contributed by atoms with Gasteiger partial charge in [0.2, 0.25) is 0 Å². The number of likely N-dealkylation sites (N-methyl/N-ethyl adjacent to an activating group) is 1. The van der Waals surface area contributed by atoms with Gasteiger partial charge in [-0.2, -0.15) is 0 Å². The van der Waals surface area contributed by atoms with Gasteiger partial charge in [0.05, 0.1) is 18.9 Å². The van der Waals surface area contributed by atoms with Gasteiger partial charge in [-0.1, -0.05) is 6.07 Å². The molecule has 108 valence electrons. The number of carbonyl (C=O) groups excluding carboxylic acids is 2. The number of aliphatic hydroxyl groups excluding tert-OH is 1. The molecule has 0 fully saturated rings. The molecule has 0 aliphatic carbocycles. The first-order valence-electron chi connectivity index (χ1n) is 6.31. The van der Waals surface area contributed by atoms with Crippen LogP contribution in [0.5, 0.6) is 5.75 Å². The third-order valence-corrected chi connectivity index (χ3v) is 3.30. The standard InChI is InChI=1S/C14H17NO5/c1-15-10-7-9(11(16)4-6-14(18)19-2)3-5-12(10)20-8-13(15)17/h3,5,7,11,16H,4,6,8H2,1-2H3. The number of rotatable bonds is 4. The smallest absolute Gasteiger partial charge is 0.305 e. The molecule has 1 unspecified atom stereocenters. The summed E-state index contributed by atoms with van der Waals surface area (Å²) >= 11 is 0. The number of amides is 1. The lowest BCUT2D eigenvalue weighted by Gasteiger charge is -2.27. The van der Waals surface area contributed by atoms with Crippen molar-refractivity contribution in [2.24, 2.45) is 0 Å². The highest BCUT2D eigenvalue weighted by Gasteiger charge is 2.23. The van der Waals surface area contributed by atoms with E-state index in [0.717, 1.165) is 0 Å². The van der Waals surface area contributed by atoms with Gasteiger partial charge in [0.15, 0.2) is 6.61 Å². The van der Waals surface area contributed by atoms with E-state index in [-0.39, 0.29) is 31.3 Å². The SMILES string of the molecule is COC(=O)CCC(O)c1ccc2c(c1)N(C)C(=O)CO2. The minimum atomic E-state index is -0.787. The number of nitrogens with zero attached hydrogens (tertiary/aromatic N) is 1. The lowest BCUT2D eigenvalue weighted by molar-refractivity contribution is -0.141. The number of carbonyl (C=O) groups is 2. The van der Waals surface area contributed by atoms with Gasteiger partial charge < -0.3 is 19.5 Å². The Bertz CT molecular complexity index is 528. The Labute approximate surface area is 116 Å². The van der Waals surface area contributed by atoms with E-state index in [2.05, 4.69) is 4.74 Å². The van der Waals surface area contributed by atoms with Crippen LogP contribution in [-0.2, 0) is 14.3 Å². The molecule has 0 saturated heterocycles. The van der Waals surface area contributed by atoms with Crippen molar-refractivity contribution in [1.29, 1.82) is 0 Å². The van der Waals surface area contributed by atoms with Crippen LogP contribution in [0.3, 0.4) is 0 Å². The molecular weight excluding hydrogens is 262 g/mol. The minimum absolute atomic E-state index is 0.0216. The Kier molecular flexibility index (Phi) is 4.24. The molecule has 0 aromatic heterocycles. The molecule has 6 heteroatoms. The zero-order chi connectivity index (χ0) is 14.7. The number of fused-ring (bicyclic) bond motifs is 1. The zero-order valence-corrected chi connectivity index (χ0v) is 11.5. The van der Waals surface area contributed by atoms with Gasteiger partial charge in [0, 0.05) is 13.5 Å². The van der Waals surface area contributed by atoms with Crippen molar-refractivity contribution >= 4 is 17.6 Å². The summed E-state index contributed by atoms with van der Waals surface area (Å²) in [7, 11) is 2.97. The molecule has 2 rings (SSSR count). The molecule has 20 heavy (non-hydrogen) atoms. The van der Waals surface area contributed by atoms with Crippen molar-refractivity contribution in [3.63, 3.8) is 0 Å². The predicted molar refractivity (Wildman–Crippen MR) is 71.6 cm³/mol. The summed E-state index contributed by atoms with van der Waals surface area (Å²) in [4.78, 5) is 24.1. The highest BCUT2D eigenvalue weighted by Crippen LogP contribution is 2.34. The van der Waals surface area contributed by atoms with E-state index in [1.54, 1.807) is 25.2 Å². The van der Waals surface area contributed by atoms with Gasteiger partial charge in [0.25, 0.3) is 5.91 Å². The fraction of sp³-hybridized carbons (Fsp3) is 0.429. The Balaban J connectivity index is 2.14. The van der Waals surface area contributed by atoms with Gasteiger partial charge in [-0.25, -0.2) is 0 Å². The molecule has 1 N–H and O–H groups in total. The van der Waals surface area contributed by atoms with Crippen molar-refractivity contribution in [3.8, 4) is 5.75 Å². The second-order valence-corrected chi connectivity index (χ2v) is 4.60. The lowest BCUT2D eigenvalue weighted by atomic mass is 10.0. The highest BCUT2D eigenvalue weighted by molar-refractivity contribution is 5.97. The van der Waals surface area contributed by atoms with Crippen LogP contribution in [-0.4, -0.2) is 37.7 Å². The van der Waals surface area contributed by atoms with E-state index in [1.807, 2.05) is 0 Å². The van der Waals surface area contributed by atoms with E-state index in [9.17, 15) is 14.7 Å². The number of anilines is 1. The van der Waals surface area contributed by atoms with Crippen molar-refractivity contribution in [2.75, 3.05) is 25.7 Å². The van der Waals surface area contributed by atoms with E-state index in [0.29, 0.717) is 17.0 Å². The first kappa shape index (κ1) is 14.3. The largest absolute Gasteiger partial charge is 0.482 e. The molecule has 1 aliphatic rings. The zero-order valence-electron chi connectivity index (χ0n) is 11.5. The van der Waals surface area contributed by atoms with E-state index in [4.69, 9.17) is 4.74 Å². The maximum atomic E-state index is 11.6. The molecular formula is C14H17NO5. The first-order chi connectivity index (χ1) is 9.52. The number of aliphatic hydroxyl groups is 1. The molecule has 0 spiro atoms. The average Bonchev–Trinajstić information content (AvgIpc) is 2.48. The molecule has 0 saturated carbocycles. The molecule has 0 bridgehead atoms. The number of esters is 1. The van der Waals surface area contributed by atoms with Crippen LogP contribution in [0.15, 0.2) is 18.2 Å². The Morgan fingerprint density at radius 3 is 3.00 bits per heavy atom. The Hall–Kier alpha value is -2.08. The van der Waals surface area contributed by atoms with Crippen molar-refractivity contribution in [3.05, 3.63) is 23.8 Å². The fourth-order valence-electron chi connectivity index (χ4n) is 2.02. The first-order valence-corrected chi connectivity index (χ1v) is 6.31. The quantitative estimate of drug-likeness (QED) is 0.833. The third-order valence-electron chi connectivity index (χ3n) is 3.30. The van der Waals surface area contributed by atoms with Crippen LogP contribution in [0.4, 0.5) is 5.69 Å². The Morgan fingerprint density at radius 1 is 1.55 bits per heavy atom. The van der Waals surface area contributed by atoms with E-state index >= 15 is 0 Å². The predicted octanol–water partition coefficient (Wildman–Crippen LogP) is 1.03. The van der Waals surface area contributed by atoms with Gasteiger partial charge in [-0.3, -0.25) is 9.59 Å². The van der Waals surface area contributed by atoms with Crippen LogP contribution < -0.4 is 9.64 Å². The van der Waals surface area contributed by atoms with E-state index in [1.165, 1.54) is 12.0 Å². The summed E-state index contributed by atoms with van der Waals surface area (Å²) < 4.78 is 9.84. The highest BCUT2D eigenvalue weighted by atomic mass is 16.5. The summed E-state index contributed by atoms with van der Waals surface area (Å²) in [6, 6.07) is 5.15. The summed E-state index contributed by atoms with van der Waals surface area (Å²) in [5.41, 5.74) is 1.26. The second kappa shape index (κ2) is 5.92. The molecule has 6 nitrogen and oxygen atoms in total. The van der Waals surface area contributed by atoms with Crippen LogP contribution >= 0.6 is 0 Å². The fourth-order valence-corrected chi connectivity index (χ4v) is 2.02. The molecule has 1 amide bonds. The second-order valence-electron chi connectivity index (χ2n) is 4.60. The number of benzene rings is 1. The number of ether oxygens (including phenoxy) is 2. The summed E-state index contributed by atoms with van der Waals surface area (Å²) in [5.74, 6) is 0.104. The van der Waals surface area contributed by atoms with Crippen molar-refractivity contribution < 1.29 is 24.2 Å². The topological polar surface area (TPSA) is 76.1 Å². The van der Waals surface area contributed by atoms with Crippen molar-refractivity contribution in [1.82, 2.24) is 0 Å². The lowest BCUT2D eigenvalue weighted by Crippen LogP contribution is -2.35. The van der Waals surface area contributed by atoms with Gasteiger partial charge in [-0.05, 0) is 24.1 Å². The maximum Gasteiger partial charge on any atom is 0.305 e. The van der Waals surface area contributed by atoms with Gasteiger partial charge in [0.1, 0.15) is 5.75 Å². The van der Waals surface area contributed by atoms with Crippen LogP contribution in [0.25, 0.3) is 0 Å². The number of hydrogen-bond acceptors (Lipinski definition) is 5. The monoisotopic (exact) mass is 279 g/mol. The van der Waals surface area contributed by atoms with Gasteiger partial charge >= 0.3 is 5.97 Å². The normalized spacial score (nSPS) is 15.3. The molecule has 1 atom stereocenters. The summed E-state index contributed by atoms with van der Waals surface area (Å²) in [5, 5.41) is 10.1. The summed E-state index contributed by atoms with van der Waals surface area (Å²) in [6.45, 7) is 0.0216. The minimum Gasteiger partial charge on any atom is -0.482 e. The average molecular weight is 279 g/mol. The van der Waals surface area contributed by atoms with Crippen LogP contribution in [0.2, 0.25) is 0 Å². The molecule has 1 heterocycles. The van der Waals surface area contributed by atoms with Gasteiger partial charge in [-0.15, -0.1) is 0 Å². The number of hydrogen-bond donors (Lipinski definition) is 1. The van der Waals surface area contributed by atoms with Crippen molar-refractivity contribution in [2.45, 2.75) is 18.9 Å². The maximum absolute atomic E-state index is 11.6. The summed E-state index contributed by atoms with van der Waals surface area (Å²) in [6.07, 6.45) is -0.380. The number of methoxy groups -OCH3 is 1. The third kappa shape index (κ3) is 2.91.